The molecule has 44 heavy (non-hydrogen) atoms. The molecule has 0 saturated carbocycles. The van der Waals surface area contributed by atoms with Gasteiger partial charge in [-0.1, -0.05) is 36.2 Å². The number of hydrogen-bond acceptors (Lipinski definition) is 12. The summed E-state index contributed by atoms with van der Waals surface area (Å²) in [6.45, 7) is -0.265. The zero-order valence-electron chi connectivity index (χ0n) is 23.1. The quantitative estimate of drug-likeness (QED) is 0.0496. The lowest BCUT2D eigenvalue weighted by molar-refractivity contribution is -0.0452. The van der Waals surface area contributed by atoms with Gasteiger partial charge in [-0.3, -0.25) is 23.4 Å². The van der Waals surface area contributed by atoms with Crippen molar-refractivity contribution in [1.29, 1.82) is 0 Å². The molecular formula is C22H32N5O14P3. The highest BCUT2D eigenvalue weighted by atomic mass is 31.3. The van der Waals surface area contributed by atoms with Gasteiger partial charge in [0, 0.05) is 30.7 Å². The lowest BCUT2D eigenvalue weighted by Crippen LogP contribution is -2.34. The van der Waals surface area contributed by atoms with E-state index in [9.17, 15) is 43.1 Å². The third kappa shape index (κ3) is 11.2. The van der Waals surface area contributed by atoms with Gasteiger partial charge < -0.3 is 29.3 Å². The highest BCUT2D eigenvalue weighted by molar-refractivity contribution is 7.71. The van der Waals surface area contributed by atoms with Gasteiger partial charge in [0.25, 0.3) is 5.56 Å². The Kier molecular flexibility index (Phi) is 13.3. The molecule has 0 aliphatic carbocycles. The molecule has 0 spiro atoms. The van der Waals surface area contributed by atoms with Crippen LogP contribution in [0.5, 0.6) is 0 Å². The van der Waals surface area contributed by atoms with Crippen molar-refractivity contribution in [3.8, 4) is 0 Å². The van der Waals surface area contributed by atoms with Crippen LogP contribution in [0.25, 0.3) is 10.4 Å². The molecule has 244 valence electrons. The number of hydrogen-bond donors (Lipinski definition) is 5. The minimum Gasteiger partial charge on any atom is -0.390 e. The maximum atomic E-state index is 12.4. The van der Waals surface area contributed by atoms with E-state index < -0.39 is 59.5 Å². The Labute approximate surface area is 249 Å². The van der Waals surface area contributed by atoms with Crippen molar-refractivity contribution in [2.75, 3.05) is 19.8 Å². The van der Waals surface area contributed by atoms with Crippen LogP contribution >= 0.6 is 23.2 Å². The molecule has 0 bridgehead atoms. The molecule has 1 fully saturated rings. The number of aromatic nitrogens is 2. The summed E-state index contributed by atoms with van der Waals surface area (Å²) in [4.78, 5) is 59.1. The van der Waals surface area contributed by atoms with Gasteiger partial charge in [-0.2, -0.15) is 4.31 Å². The molecule has 0 radical (unpaired) electrons. The van der Waals surface area contributed by atoms with Crippen LogP contribution in [0.2, 0.25) is 0 Å². The molecular weight excluding hydrogens is 651 g/mol. The molecule has 1 aromatic carbocycles. The van der Waals surface area contributed by atoms with E-state index in [0.29, 0.717) is 19.6 Å². The van der Waals surface area contributed by atoms with Gasteiger partial charge in [0.15, 0.2) is 0 Å². The van der Waals surface area contributed by atoms with Crippen molar-refractivity contribution in [2.24, 2.45) is 5.11 Å². The first-order chi connectivity index (χ1) is 20.7. The van der Waals surface area contributed by atoms with Crippen molar-refractivity contribution < 1.29 is 56.1 Å². The molecule has 1 aliphatic heterocycles. The minimum absolute atomic E-state index is 0.0920. The molecule has 1 aliphatic rings. The maximum absolute atomic E-state index is 12.4. The van der Waals surface area contributed by atoms with Crippen molar-refractivity contribution in [3.63, 3.8) is 0 Å². The SMILES string of the molecule is [N-]=[N+]=NCCCCCCOCc1cn([C@H]2C[C@H](O)[C@@H](COP(=O)(O)OP(=O)(O)OP(=O)(O)c3ccccc3)O2)c(=O)[nH]c1=O. The number of ether oxygens (including phenoxy) is 2. The van der Waals surface area contributed by atoms with E-state index in [1.54, 1.807) is 0 Å². The molecule has 1 aromatic heterocycles. The van der Waals surface area contributed by atoms with Crippen LogP contribution in [0.3, 0.4) is 0 Å². The molecule has 2 aromatic rings. The fourth-order valence-corrected chi connectivity index (χ4v) is 7.99. The number of phosphoric acid groups is 2. The summed E-state index contributed by atoms with van der Waals surface area (Å²) in [5.41, 5.74) is 6.79. The first-order valence-electron chi connectivity index (χ1n) is 13.1. The maximum Gasteiger partial charge on any atom is 0.488 e. The average molecular weight is 683 g/mol. The highest BCUT2D eigenvalue weighted by Gasteiger charge is 2.43. The fraction of sp³-hybridized carbons (Fsp3) is 0.545. The third-order valence-electron chi connectivity index (χ3n) is 6.08. The van der Waals surface area contributed by atoms with Crippen LogP contribution in [0.1, 0.15) is 43.9 Å². The Morgan fingerprint density at radius 2 is 1.75 bits per heavy atom. The van der Waals surface area contributed by atoms with Gasteiger partial charge >= 0.3 is 28.9 Å². The zero-order chi connectivity index (χ0) is 32.4. The number of azide groups is 1. The third-order valence-corrected chi connectivity index (χ3v) is 10.9. The topological polar surface area (TPSA) is 282 Å². The second-order valence-electron chi connectivity index (χ2n) is 9.43. The van der Waals surface area contributed by atoms with Gasteiger partial charge in [0.1, 0.15) is 12.3 Å². The van der Waals surface area contributed by atoms with Crippen LogP contribution in [0.4, 0.5) is 0 Å². The number of nitrogens with one attached hydrogen (secondary N) is 1. The van der Waals surface area contributed by atoms with Crippen molar-refractivity contribution in [3.05, 3.63) is 73.4 Å². The molecule has 1 saturated heterocycles. The van der Waals surface area contributed by atoms with Crippen LogP contribution in [0, 0.1) is 0 Å². The summed E-state index contributed by atoms with van der Waals surface area (Å²) in [6, 6.07) is 6.44. The van der Waals surface area contributed by atoms with Crippen molar-refractivity contribution in [1.82, 2.24) is 9.55 Å². The van der Waals surface area contributed by atoms with Crippen molar-refractivity contribution >= 4 is 28.5 Å². The Hall–Kier alpha value is -2.46. The molecule has 22 heteroatoms. The monoisotopic (exact) mass is 683 g/mol. The van der Waals surface area contributed by atoms with Gasteiger partial charge in [-0.25, -0.2) is 18.2 Å². The number of aliphatic hydroxyl groups excluding tert-OH is 1. The van der Waals surface area contributed by atoms with Gasteiger partial charge in [0.2, 0.25) is 0 Å². The van der Waals surface area contributed by atoms with Crippen molar-refractivity contribution in [2.45, 2.75) is 57.1 Å². The number of aromatic amines is 1. The predicted octanol–water partition coefficient (Wildman–Crippen LogP) is 2.33. The standard InChI is InChI=1S/C22H32N5O14P3/c23-26-24-10-6-1-2-7-11-37-14-16-13-27(22(30)25-21(16)29)20-12-18(28)19(39-20)15-38-43(33,34)41-44(35,36)40-42(31,32)17-8-4-3-5-9-17/h3-5,8-9,13,18-20,28H,1-2,6-7,10-12,14-15H2,(H,31,32)(H,33,34)(H,35,36)(H,25,29,30)/t18-,19+,20+/m0/s1. The van der Waals surface area contributed by atoms with Crippen LogP contribution < -0.4 is 16.6 Å². The number of nitrogens with zero attached hydrogens (tertiary/aromatic N) is 4. The Bertz CT molecular complexity index is 1560. The minimum atomic E-state index is -5.64. The summed E-state index contributed by atoms with van der Waals surface area (Å²) in [5.74, 6) is 0. The van der Waals surface area contributed by atoms with E-state index in [0.717, 1.165) is 36.0 Å². The largest absolute Gasteiger partial charge is 0.488 e. The van der Waals surface area contributed by atoms with Crippen LogP contribution in [0.15, 0.2) is 51.2 Å². The van der Waals surface area contributed by atoms with E-state index in [1.165, 1.54) is 24.4 Å². The summed E-state index contributed by atoms with van der Waals surface area (Å²) in [7, 11) is -16.0. The lowest BCUT2D eigenvalue weighted by atomic mass is 10.2. The normalized spacial score (nSPS) is 22.4. The first-order valence-corrected chi connectivity index (χ1v) is 17.7. The fourth-order valence-electron chi connectivity index (χ4n) is 3.99. The molecule has 19 nitrogen and oxygen atoms in total. The zero-order valence-corrected chi connectivity index (χ0v) is 25.7. The average Bonchev–Trinajstić information content (AvgIpc) is 3.31. The van der Waals surface area contributed by atoms with Crippen LogP contribution in [-0.2, 0) is 42.9 Å². The number of H-pyrrole nitrogens is 1. The summed E-state index contributed by atoms with van der Waals surface area (Å²) in [5, 5.41) is 13.4. The second kappa shape index (κ2) is 16.2. The van der Waals surface area contributed by atoms with Crippen LogP contribution in [-0.4, -0.2) is 61.3 Å². The molecule has 0 amide bonds. The number of rotatable bonds is 18. The molecule has 2 heterocycles. The number of benzene rings is 1. The van der Waals surface area contributed by atoms with Gasteiger partial charge in [-0.05, 0) is 30.5 Å². The summed E-state index contributed by atoms with van der Waals surface area (Å²) < 4.78 is 61.8. The highest BCUT2D eigenvalue weighted by Crippen LogP contribution is 2.67. The molecule has 3 rings (SSSR count). The number of aliphatic hydroxyl groups is 1. The molecule has 3 unspecified atom stereocenters. The first kappa shape index (κ1) is 36.0. The van der Waals surface area contributed by atoms with Gasteiger partial charge in [-0.15, -0.1) is 0 Å². The molecule has 5 N–H and O–H groups in total. The smallest absolute Gasteiger partial charge is 0.390 e. The van der Waals surface area contributed by atoms with E-state index in [-0.39, 0.29) is 23.9 Å². The Morgan fingerprint density at radius 3 is 2.45 bits per heavy atom. The Balaban J connectivity index is 1.53. The second-order valence-corrected chi connectivity index (χ2v) is 14.4. The number of unbranched alkanes of at least 4 members (excludes halogenated alkanes) is 3. The lowest BCUT2D eigenvalue weighted by Gasteiger charge is -2.20. The van der Waals surface area contributed by atoms with E-state index in [2.05, 4.69) is 28.2 Å². The van der Waals surface area contributed by atoms with Gasteiger partial charge in [0.05, 0.1) is 30.2 Å². The van der Waals surface area contributed by atoms with E-state index >= 15 is 0 Å². The Morgan fingerprint density at radius 1 is 1.05 bits per heavy atom. The number of phosphoric ester groups is 1. The molecule has 6 atom stereocenters. The van der Waals surface area contributed by atoms with E-state index in [4.69, 9.17) is 15.0 Å². The van der Waals surface area contributed by atoms with E-state index in [1.807, 2.05) is 0 Å². The summed E-state index contributed by atoms with van der Waals surface area (Å²) in [6.07, 6.45) is 0.239. The predicted molar refractivity (Wildman–Crippen MR) is 152 cm³/mol. The summed E-state index contributed by atoms with van der Waals surface area (Å²) >= 11 is 0.